The summed E-state index contributed by atoms with van der Waals surface area (Å²) >= 11 is 5.07. The van der Waals surface area contributed by atoms with Crippen LogP contribution in [0.25, 0.3) is 0 Å². The molecule has 0 aromatic heterocycles. The molecule has 2 nitrogen and oxygen atoms in total. The number of hydrogen-bond acceptors (Lipinski definition) is 1. The Bertz CT molecular complexity index is 366. The van der Waals surface area contributed by atoms with Crippen molar-refractivity contribution in [3.63, 3.8) is 0 Å². The van der Waals surface area contributed by atoms with Crippen LogP contribution in [0.1, 0.15) is 43.6 Å². The number of benzene rings is 1. The number of nitrogens with one attached hydrogen (secondary N) is 2. The second-order valence-electron chi connectivity index (χ2n) is 4.66. The molecule has 0 heterocycles. The van der Waals surface area contributed by atoms with Crippen molar-refractivity contribution in [3.05, 3.63) is 29.8 Å². The maximum atomic E-state index is 5.07. The summed E-state index contributed by atoms with van der Waals surface area (Å²) in [6.07, 6.45) is 6.87. The quantitative estimate of drug-likeness (QED) is 0.781. The average Bonchev–Trinajstić information content (AvgIpc) is 2.40. The molecule has 1 aliphatic rings. The van der Waals surface area contributed by atoms with E-state index in [1.807, 2.05) is 7.05 Å². The van der Waals surface area contributed by atoms with Crippen molar-refractivity contribution >= 4 is 23.0 Å². The van der Waals surface area contributed by atoms with E-state index in [4.69, 9.17) is 12.2 Å². The summed E-state index contributed by atoms with van der Waals surface area (Å²) in [5.41, 5.74) is 2.54. The smallest absolute Gasteiger partial charge is 0.170 e. The maximum absolute atomic E-state index is 5.07. The van der Waals surface area contributed by atoms with Crippen LogP contribution >= 0.6 is 12.2 Å². The normalized spacial score (nSPS) is 16.5. The maximum Gasteiger partial charge on any atom is 0.170 e. The Morgan fingerprint density at radius 3 is 2.35 bits per heavy atom. The number of anilines is 1. The van der Waals surface area contributed by atoms with E-state index in [0.29, 0.717) is 5.11 Å². The first-order valence-corrected chi connectivity index (χ1v) is 6.79. The standard InChI is InChI=1S/C14H20N2S/c1-15-14(17)16-13-9-7-12(8-10-13)11-5-3-2-4-6-11/h7-11H,2-6H2,1H3,(H2,15,16,17). The van der Waals surface area contributed by atoms with Crippen LogP contribution in [0.5, 0.6) is 0 Å². The highest BCUT2D eigenvalue weighted by molar-refractivity contribution is 7.80. The molecule has 1 fully saturated rings. The van der Waals surface area contributed by atoms with Gasteiger partial charge in [0.25, 0.3) is 0 Å². The van der Waals surface area contributed by atoms with Crippen LogP contribution in [0.2, 0.25) is 0 Å². The molecule has 1 aliphatic carbocycles. The summed E-state index contributed by atoms with van der Waals surface area (Å²) in [4.78, 5) is 0. The molecule has 92 valence electrons. The van der Waals surface area contributed by atoms with E-state index in [9.17, 15) is 0 Å². The van der Waals surface area contributed by atoms with Gasteiger partial charge >= 0.3 is 0 Å². The summed E-state index contributed by atoms with van der Waals surface area (Å²) < 4.78 is 0. The summed E-state index contributed by atoms with van der Waals surface area (Å²) in [5.74, 6) is 0.772. The van der Waals surface area contributed by atoms with Gasteiger partial charge in [-0.3, -0.25) is 0 Å². The molecule has 3 heteroatoms. The van der Waals surface area contributed by atoms with Crippen molar-refractivity contribution in [3.8, 4) is 0 Å². The molecule has 17 heavy (non-hydrogen) atoms. The van der Waals surface area contributed by atoms with Crippen LogP contribution in [-0.4, -0.2) is 12.2 Å². The van der Waals surface area contributed by atoms with E-state index < -0.39 is 0 Å². The molecule has 0 amide bonds. The average molecular weight is 248 g/mol. The van der Waals surface area contributed by atoms with E-state index in [2.05, 4.69) is 34.9 Å². The molecule has 0 aliphatic heterocycles. The molecule has 0 bridgehead atoms. The molecule has 0 atom stereocenters. The molecule has 1 aromatic rings. The minimum Gasteiger partial charge on any atom is -0.366 e. The Labute approximate surface area is 109 Å². The summed E-state index contributed by atoms with van der Waals surface area (Å²) in [7, 11) is 1.83. The zero-order valence-corrected chi connectivity index (χ0v) is 11.1. The van der Waals surface area contributed by atoms with Gasteiger partial charge in [-0.1, -0.05) is 31.4 Å². The molecular weight excluding hydrogens is 228 g/mol. The third kappa shape index (κ3) is 3.43. The largest absolute Gasteiger partial charge is 0.366 e. The molecular formula is C14H20N2S. The van der Waals surface area contributed by atoms with Crippen molar-refractivity contribution in [1.82, 2.24) is 5.32 Å². The first-order valence-electron chi connectivity index (χ1n) is 6.38. The second kappa shape index (κ2) is 6.01. The SMILES string of the molecule is CNC(=S)Nc1ccc(C2CCCCC2)cc1. The molecule has 0 unspecified atom stereocenters. The third-order valence-corrected chi connectivity index (χ3v) is 3.78. The van der Waals surface area contributed by atoms with Crippen LogP contribution in [-0.2, 0) is 0 Å². The van der Waals surface area contributed by atoms with Gasteiger partial charge in [0.15, 0.2) is 5.11 Å². The Hall–Kier alpha value is -1.09. The molecule has 0 saturated heterocycles. The number of hydrogen-bond donors (Lipinski definition) is 2. The Morgan fingerprint density at radius 2 is 1.76 bits per heavy atom. The van der Waals surface area contributed by atoms with Gasteiger partial charge in [-0.2, -0.15) is 0 Å². The summed E-state index contributed by atoms with van der Waals surface area (Å²) in [5, 5.41) is 6.72. The topological polar surface area (TPSA) is 24.1 Å². The van der Waals surface area contributed by atoms with Crippen molar-refractivity contribution in [1.29, 1.82) is 0 Å². The predicted molar refractivity (Wildman–Crippen MR) is 77.5 cm³/mol. The van der Waals surface area contributed by atoms with Crippen molar-refractivity contribution in [2.75, 3.05) is 12.4 Å². The zero-order chi connectivity index (χ0) is 12.1. The molecule has 0 radical (unpaired) electrons. The number of thiocarbonyl (C=S) groups is 1. The van der Waals surface area contributed by atoms with Gasteiger partial charge in [0.05, 0.1) is 0 Å². The second-order valence-corrected chi connectivity index (χ2v) is 5.07. The number of rotatable bonds is 2. The molecule has 2 N–H and O–H groups in total. The molecule has 2 rings (SSSR count). The first kappa shape index (κ1) is 12.4. The molecule has 1 aromatic carbocycles. The van der Waals surface area contributed by atoms with E-state index in [1.165, 1.54) is 37.7 Å². The van der Waals surface area contributed by atoms with Crippen LogP contribution in [0, 0.1) is 0 Å². The van der Waals surface area contributed by atoms with E-state index in [0.717, 1.165) is 11.6 Å². The summed E-state index contributed by atoms with van der Waals surface area (Å²) in [6, 6.07) is 8.70. The Balaban J connectivity index is 1.99. The van der Waals surface area contributed by atoms with Crippen LogP contribution < -0.4 is 10.6 Å². The van der Waals surface area contributed by atoms with Gasteiger partial charge in [-0.15, -0.1) is 0 Å². The summed E-state index contributed by atoms with van der Waals surface area (Å²) in [6.45, 7) is 0. The van der Waals surface area contributed by atoms with Crippen molar-refractivity contribution in [2.45, 2.75) is 38.0 Å². The van der Waals surface area contributed by atoms with Gasteiger partial charge in [0.2, 0.25) is 0 Å². The van der Waals surface area contributed by atoms with Crippen LogP contribution in [0.15, 0.2) is 24.3 Å². The predicted octanol–water partition coefficient (Wildman–Crippen LogP) is 3.65. The molecule has 0 spiro atoms. The fourth-order valence-corrected chi connectivity index (χ4v) is 2.59. The highest BCUT2D eigenvalue weighted by Gasteiger charge is 2.14. The van der Waals surface area contributed by atoms with E-state index in [1.54, 1.807) is 0 Å². The minimum absolute atomic E-state index is 0.662. The van der Waals surface area contributed by atoms with Gasteiger partial charge < -0.3 is 10.6 Å². The lowest BCUT2D eigenvalue weighted by atomic mass is 9.84. The third-order valence-electron chi connectivity index (χ3n) is 3.47. The van der Waals surface area contributed by atoms with Crippen LogP contribution in [0.3, 0.4) is 0 Å². The van der Waals surface area contributed by atoms with Crippen molar-refractivity contribution < 1.29 is 0 Å². The lowest BCUT2D eigenvalue weighted by Crippen LogP contribution is -2.24. The fraction of sp³-hybridized carbons (Fsp3) is 0.500. The van der Waals surface area contributed by atoms with E-state index >= 15 is 0 Å². The monoisotopic (exact) mass is 248 g/mol. The Kier molecular flexibility index (Phi) is 4.37. The lowest BCUT2D eigenvalue weighted by molar-refractivity contribution is 0.443. The van der Waals surface area contributed by atoms with Gasteiger partial charge in [-0.25, -0.2) is 0 Å². The van der Waals surface area contributed by atoms with Gasteiger partial charge in [0.1, 0.15) is 0 Å². The minimum atomic E-state index is 0.662. The lowest BCUT2D eigenvalue weighted by Gasteiger charge is -2.22. The van der Waals surface area contributed by atoms with Crippen molar-refractivity contribution in [2.24, 2.45) is 0 Å². The zero-order valence-electron chi connectivity index (χ0n) is 10.3. The van der Waals surface area contributed by atoms with Gasteiger partial charge in [0, 0.05) is 12.7 Å². The van der Waals surface area contributed by atoms with Gasteiger partial charge in [-0.05, 0) is 48.7 Å². The Morgan fingerprint density at radius 1 is 1.12 bits per heavy atom. The highest BCUT2D eigenvalue weighted by atomic mass is 32.1. The first-order chi connectivity index (χ1) is 8.29. The van der Waals surface area contributed by atoms with E-state index in [-0.39, 0.29) is 0 Å². The van der Waals surface area contributed by atoms with Crippen LogP contribution in [0.4, 0.5) is 5.69 Å². The highest BCUT2D eigenvalue weighted by Crippen LogP contribution is 2.32. The molecule has 1 saturated carbocycles. The fourth-order valence-electron chi connectivity index (χ4n) is 2.47.